The van der Waals surface area contributed by atoms with Crippen LogP contribution < -0.4 is 14.8 Å². The van der Waals surface area contributed by atoms with Crippen molar-refractivity contribution in [3.63, 3.8) is 0 Å². The summed E-state index contributed by atoms with van der Waals surface area (Å²) in [4.78, 5) is 13.9. The van der Waals surface area contributed by atoms with E-state index in [2.05, 4.69) is 10.2 Å². The highest BCUT2D eigenvalue weighted by Crippen LogP contribution is 2.27. The second kappa shape index (κ2) is 9.23. The predicted molar refractivity (Wildman–Crippen MR) is 84.0 cm³/mol. The van der Waals surface area contributed by atoms with Crippen molar-refractivity contribution in [1.29, 1.82) is 0 Å². The van der Waals surface area contributed by atoms with Crippen LogP contribution in [0.25, 0.3) is 0 Å². The maximum absolute atomic E-state index is 11.8. The highest BCUT2D eigenvalue weighted by Gasteiger charge is 2.06. The molecule has 0 aliphatic heterocycles. The van der Waals surface area contributed by atoms with Gasteiger partial charge in [0.05, 0.1) is 14.2 Å². The summed E-state index contributed by atoms with van der Waals surface area (Å²) >= 11 is 0. The van der Waals surface area contributed by atoms with E-state index in [4.69, 9.17) is 9.47 Å². The third-order valence-electron chi connectivity index (χ3n) is 3.19. The summed E-state index contributed by atoms with van der Waals surface area (Å²) in [5.74, 6) is 1.49. The normalized spacial score (nSPS) is 10.5. The standard InChI is InChI=1S/C16H26N2O3/c1-18(2)11-5-10-17-16(19)9-7-13-6-8-14(20-3)15(12-13)21-4/h6,8,12H,5,7,9-11H2,1-4H3,(H,17,19). The molecule has 0 radical (unpaired) electrons. The molecule has 0 spiro atoms. The zero-order valence-corrected chi connectivity index (χ0v) is 13.4. The molecule has 1 N–H and O–H groups in total. The minimum Gasteiger partial charge on any atom is -0.493 e. The minimum atomic E-state index is 0.0866. The molecule has 0 bridgehead atoms. The fraction of sp³-hybridized carbons (Fsp3) is 0.562. The van der Waals surface area contributed by atoms with Gasteiger partial charge >= 0.3 is 0 Å². The molecule has 21 heavy (non-hydrogen) atoms. The molecule has 1 aromatic rings. The smallest absolute Gasteiger partial charge is 0.220 e. The van der Waals surface area contributed by atoms with E-state index in [9.17, 15) is 4.79 Å². The molecule has 0 heterocycles. The van der Waals surface area contributed by atoms with Crippen molar-refractivity contribution in [1.82, 2.24) is 10.2 Å². The van der Waals surface area contributed by atoms with E-state index in [1.165, 1.54) is 0 Å². The molecule has 5 nitrogen and oxygen atoms in total. The number of amides is 1. The lowest BCUT2D eigenvalue weighted by molar-refractivity contribution is -0.121. The molecule has 1 aromatic carbocycles. The van der Waals surface area contributed by atoms with Gasteiger partial charge in [0, 0.05) is 13.0 Å². The van der Waals surface area contributed by atoms with Crippen molar-refractivity contribution in [2.24, 2.45) is 0 Å². The Morgan fingerprint density at radius 2 is 1.90 bits per heavy atom. The van der Waals surface area contributed by atoms with Crippen molar-refractivity contribution in [2.45, 2.75) is 19.3 Å². The van der Waals surface area contributed by atoms with Crippen LogP contribution in [0.3, 0.4) is 0 Å². The zero-order chi connectivity index (χ0) is 15.7. The van der Waals surface area contributed by atoms with Crippen molar-refractivity contribution >= 4 is 5.91 Å². The Hall–Kier alpha value is -1.75. The molecule has 0 saturated carbocycles. The Balaban J connectivity index is 2.36. The molecule has 5 heteroatoms. The molecule has 118 valence electrons. The second-order valence-corrected chi connectivity index (χ2v) is 5.20. The van der Waals surface area contributed by atoms with Gasteiger partial charge < -0.3 is 19.7 Å². The van der Waals surface area contributed by atoms with Crippen LogP contribution >= 0.6 is 0 Å². The van der Waals surface area contributed by atoms with E-state index in [1.54, 1.807) is 14.2 Å². The van der Waals surface area contributed by atoms with Crippen LogP contribution in [0.2, 0.25) is 0 Å². The van der Waals surface area contributed by atoms with Gasteiger partial charge in [0.2, 0.25) is 5.91 Å². The number of methoxy groups -OCH3 is 2. The Kier molecular flexibility index (Phi) is 7.61. The highest BCUT2D eigenvalue weighted by atomic mass is 16.5. The number of nitrogens with zero attached hydrogens (tertiary/aromatic N) is 1. The average Bonchev–Trinajstić information content (AvgIpc) is 2.48. The van der Waals surface area contributed by atoms with Gasteiger partial charge in [-0.05, 0) is 51.2 Å². The lowest BCUT2D eigenvalue weighted by Gasteiger charge is -2.11. The Morgan fingerprint density at radius 3 is 2.52 bits per heavy atom. The van der Waals surface area contributed by atoms with Crippen LogP contribution in [0, 0.1) is 0 Å². The maximum Gasteiger partial charge on any atom is 0.220 e. The summed E-state index contributed by atoms with van der Waals surface area (Å²) in [7, 11) is 7.27. The first kappa shape index (κ1) is 17.3. The minimum absolute atomic E-state index is 0.0866. The average molecular weight is 294 g/mol. The first-order valence-corrected chi connectivity index (χ1v) is 7.19. The van der Waals surface area contributed by atoms with E-state index in [1.807, 2.05) is 32.3 Å². The molecular weight excluding hydrogens is 268 g/mol. The van der Waals surface area contributed by atoms with Crippen LogP contribution in [-0.4, -0.2) is 52.2 Å². The third-order valence-corrected chi connectivity index (χ3v) is 3.19. The number of benzene rings is 1. The van der Waals surface area contributed by atoms with Crippen molar-refractivity contribution in [3.05, 3.63) is 23.8 Å². The van der Waals surface area contributed by atoms with Gasteiger partial charge in [-0.3, -0.25) is 4.79 Å². The fourth-order valence-corrected chi connectivity index (χ4v) is 2.01. The summed E-state index contributed by atoms with van der Waals surface area (Å²) < 4.78 is 10.4. The number of carbonyl (C=O) groups is 1. The summed E-state index contributed by atoms with van der Waals surface area (Å²) in [6, 6.07) is 5.74. The van der Waals surface area contributed by atoms with E-state index < -0.39 is 0 Å². The lowest BCUT2D eigenvalue weighted by atomic mass is 10.1. The summed E-state index contributed by atoms with van der Waals surface area (Å²) in [6.45, 7) is 1.71. The molecule has 1 amide bonds. The molecule has 0 aliphatic carbocycles. The SMILES string of the molecule is COc1ccc(CCC(=O)NCCCN(C)C)cc1OC. The quantitative estimate of drug-likeness (QED) is 0.704. The fourth-order valence-electron chi connectivity index (χ4n) is 2.01. The summed E-state index contributed by atoms with van der Waals surface area (Å²) in [6.07, 6.45) is 2.15. The van der Waals surface area contributed by atoms with E-state index in [0.717, 1.165) is 25.1 Å². The van der Waals surface area contributed by atoms with E-state index >= 15 is 0 Å². The summed E-state index contributed by atoms with van der Waals surface area (Å²) in [5, 5.41) is 2.94. The number of ether oxygens (including phenoxy) is 2. The lowest BCUT2D eigenvalue weighted by Crippen LogP contribution is -2.27. The van der Waals surface area contributed by atoms with Crippen molar-refractivity contribution < 1.29 is 14.3 Å². The topological polar surface area (TPSA) is 50.8 Å². The number of rotatable bonds is 9. The molecule has 0 atom stereocenters. The molecule has 0 unspecified atom stereocenters. The summed E-state index contributed by atoms with van der Waals surface area (Å²) in [5.41, 5.74) is 1.07. The first-order chi connectivity index (χ1) is 10.1. The van der Waals surface area contributed by atoms with Gasteiger partial charge in [-0.2, -0.15) is 0 Å². The molecule has 0 aliphatic rings. The second-order valence-electron chi connectivity index (χ2n) is 5.20. The Bertz CT molecular complexity index is 447. The van der Waals surface area contributed by atoms with E-state index in [0.29, 0.717) is 24.3 Å². The largest absolute Gasteiger partial charge is 0.493 e. The molecule has 0 aromatic heterocycles. The zero-order valence-electron chi connectivity index (χ0n) is 13.4. The number of hydrogen-bond donors (Lipinski definition) is 1. The first-order valence-electron chi connectivity index (χ1n) is 7.19. The van der Waals surface area contributed by atoms with Gasteiger partial charge in [-0.15, -0.1) is 0 Å². The van der Waals surface area contributed by atoms with Crippen LogP contribution in [0.4, 0.5) is 0 Å². The number of nitrogens with one attached hydrogen (secondary N) is 1. The van der Waals surface area contributed by atoms with Crippen LogP contribution in [-0.2, 0) is 11.2 Å². The monoisotopic (exact) mass is 294 g/mol. The predicted octanol–water partition coefficient (Wildman–Crippen LogP) is 1.70. The molecule has 0 saturated heterocycles. The van der Waals surface area contributed by atoms with Gasteiger partial charge in [-0.25, -0.2) is 0 Å². The van der Waals surface area contributed by atoms with Crippen LogP contribution in [0.15, 0.2) is 18.2 Å². The highest BCUT2D eigenvalue weighted by molar-refractivity contribution is 5.76. The van der Waals surface area contributed by atoms with Gasteiger partial charge in [0.1, 0.15) is 0 Å². The van der Waals surface area contributed by atoms with E-state index in [-0.39, 0.29) is 5.91 Å². The van der Waals surface area contributed by atoms with Gasteiger partial charge in [0.15, 0.2) is 11.5 Å². The third kappa shape index (κ3) is 6.49. The van der Waals surface area contributed by atoms with Crippen LogP contribution in [0.1, 0.15) is 18.4 Å². The van der Waals surface area contributed by atoms with Crippen molar-refractivity contribution in [3.8, 4) is 11.5 Å². The van der Waals surface area contributed by atoms with Crippen LogP contribution in [0.5, 0.6) is 11.5 Å². The number of carbonyl (C=O) groups excluding carboxylic acids is 1. The number of aryl methyl sites for hydroxylation is 1. The van der Waals surface area contributed by atoms with Crippen molar-refractivity contribution in [2.75, 3.05) is 41.4 Å². The Morgan fingerprint density at radius 1 is 1.19 bits per heavy atom. The van der Waals surface area contributed by atoms with Gasteiger partial charge in [0.25, 0.3) is 0 Å². The maximum atomic E-state index is 11.8. The molecule has 0 fully saturated rings. The molecule has 1 rings (SSSR count). The molecular formula is C16H26N2O3. The van der Waals surface area contributed by atoms with Gasteiger partial charge in [-0.1, -0.05) is 6.07 Å². The number of hydrogen-bond acceptors (Lipinski definition) is 4. The Labute approximate surface area is 127 Å².